The summed E-state index contributed by atoms with van der Waals surface area (Å²) in [5.74, 6) is -1.96. The lowest BCUT2D eigenvalue weighted by molar-refractivity contribution is -0.143. The molecular formula is C26H30FN5O5S. The predicted molar refractivity (Wildman–Crippen MR) is 136 cm³/mol. The number of rotatable bonds is 10. The number of nitrogens with one attached hydrogen (secondary N) is 1. The fraction of sp³-hybridized carbons (Fsp3) is 0.385. The number of sulfonamides is 1. The second-order valence-corrected chi connectivity index (χ2v) is 11.2. The fourth-order valence-corrected chi connectivity index (χ4v) is 5.61. The maximum absolute atomic E-state index is 13.9. The highest BCUT2D eigenvalue weighted by molar-refractivity contribution is 7.89. The van der Waals surface area contributed by atoms with Gasteiger partial charge in [-0.15, -0.1) is 5.10 Å². The van der Waals surface area contributed by atoms with Crippen molar-refractivity contribution in [2.75, 3.05) is 13.6 Å². The Kier molecular flexibility index (Phi) is 8.52. The molecule has 2 unspecified atom stereocenters. The number of likely N-dealkylation sites (N-methyl/N-ethyl adjacent to an activating group) is 1. The number of benzene rings is 2. The zero-order valence-electron chi connectivity index (χ0n) is 21.0. The number of carbonyl (C=O) groups is 2. The lowest BCUT2D eigenvalue weighted by Crippen LogP contribution is -2.29. The number of halogens is 1. The SMILES string of the molecule is CN(CCc1ccccc1F)C(=O)c1cccc(S(=O)(=O)NCc2cn(C3CCCC(C(=O)O)C3)nn2)c1. The van der Waals surface area contributed by atoms with Gasteiger partial charge in [0.1, 0.15) is 5.82 Å². The van der Waals surface area contributed by atoms with Crippen molar-refractivity contribution in [3.63, 3.8) is 0 Å². The highest BCUT2D eigenvalue weighted by atomic mass is 32.2. The monoisotopic (exact) mass is 543 g/mol. The zero-order valence-corrected chi connectivity index (χ0v) is 21.8. The second kappa shape index (κ2) is 11.8. The van der Waals surface area contributed by atoms with E-state index in [2.05, 4.69) is 15.0 Å². The van der Waals surface area contributed by atoms with Crippen molar-refractivity contribution in [3.8, 4) is 0 Å². The molecule has 1 fully saturated rings. The van der Waals surface area contributed by atoms with Gasteiger partial charge in [-0.1, -0.05) is 35.9 Å². The number of nitrogens with zero attached hydrogens (tertiary/aromatic N) is 4. The predicted octanol–water partition coefficient (Wildman–Crippen LogP) is 3.03. The van der Waals surface area contributed by atoms with E-state index in [-0.39, 0.29) is 41.3 Å². The van der Waals surface area contributed by atoms with Crippen LogP contribution in [0.5, 0.6) is 0 Å². The molecule has 202 valence electrons. The van der Waals surface area contributed by atoms with Crippen LogP contribution in [0.4, 0.5) is 4.39 Å². The van der Waals surface area contributed by atoms with E-state index in [1.165, 1.54) is 35.2 Å². The summed E-state index contributed by atoms with van der Waals surface area (Å²) >= 11 is 0. The Balaban J connectivity index is 1.36. The molecule has 38 heavy (non-hydrogen) atoms. The van der Waals surface area contributed by atoms with Gasteiger partial charge < -0.3 is 10.0 Å². The van der Waals surface area contributed by atoms with Gasteiger partial charge in [0.05, 0.1) is 35.3 Å². The molecule has 2 aromatic carbocycles. The third-order valence-electron chi connectivity index (χ3n) is 6.78. The first kappa shape index (κ1) is 27.4. The molecule has 2 N–H and O–H groups in total. The van der Waals surface area contributed by atoms with Crippen molar-refractivity contribution in [2.45, 2.75) is 49.6 Å². The number of carboxylic acid groups (broad SMARTS) is 1. The van der Waals surface area contributed by atoms with Crippen LogP contribution in [0.25, 0.3) is 0 Å². The Bertz CT molecular complexity index is 1410. The molecule has 0 spiro atoms. The summed E-state index contributed by atoms with van der Waals surface area (Å²) < 4.78 is 43.8. The van der Waals surface area contributed by atoms with E-state index in [1.54, 1.807) is 36.1 Å². The normalized spacial score (nSPS) is 17.7. The molecular weight excluding hydrogens is 513 g/mol. The van der Waals surface area contributed by atoms with E-state index in [1.807, 2.05) is 0 Å². The van der Waals surface area contributed by atoms with Crippen LogP contribution in [-0.4, -0.2) is 58.9 Å². The van der Waals surface area contributed by atoms with Gasteiger partial charge in [-0.05, 0) is 55.5 Å². The van der Waals surface area contributed by atoms with E-state index in [4.69, 9.17) is 0 Å². The molecule has 0 aliphatic heterocycles. The Hall–Kier alpha value is -3.64. The average molecular weight is 544 g/mol. The van der Waals surface area contributed by atoms with Crippen molar-refractivity contribution in [3.05, 3.63) is 77.4 Å². The number of carboxylic acids is 1. The van der Waals surface area contributed by atoms with Crippen LogP contribution in [0.1, 0.15) is 53.3 Å². The number of hydrogen-bond donors (Lipinski definition) is 2. The quantitative estimate of drug-likeness (QED) is 0.401. The average Bonchev–Trinajstić information content (AvgIpc) is 3.40. The highest BCUT2D eigenvalue weighted by Gasteiger charge is 2.28. The molecule has 1 heterocycles. The van der Waals surface area contributed by atoms with Crippen molar-refractivity contribution in [2.24, 2.45) is 5.92 Å². The molecule has 0 saturated heterocycles. The Morgan fingerprint density at radius 2 is 1.97 bits per heavy atom. The molecule has 1 aliphatic carbocycles. The Morgan fingerprint density at radius 3 is 2.74 bits per heavy atom. The molecule has 0 radical (unpaired) electrons. The van der Waals surface area contributed by atoms with E-state index >= 15 is 0 Å². The lowest BCUT2D eigenvalue weighted by Gasteiger charge is -2.26. The van der Waals surface area contributed by atoms with Crippen LogP contribution in [0, 0.1) is 11.7 Å². The number of hydrogen-bond acceptors (Lipinski definition) is 6. The molecule has 12 heteroatoms. The zero-order chi connectivity index (χ0) is 27.3. The molecule has 1 saturated carbocycles. The first-order valence-electron chi connectivity index (χ1n) is 12.4. The van der Waals surface area contributed by atoms with Gasteiger partial charge in [-0.2, -0.15) is 0 Å². The van der Waals surface area contributed by atoms with Gasteiger partial charge in [0.2, 0.25) is 10.0 Å². The van der Waals surface area contributed by atoms with Crippen LogP contribution in [0.3, 0.4) is 0 Å². The molecule has 0 bridgehead atoms. The van der Waals surface area contributed by atoms with Gasteiger partial charge in [0.15, 0.2) is 0 Å². The van der Waals surface area contributed by atoms with E-state index < -0.39 is 21.9 Å². The second-order valence-electron chi connectivity index (χ2n) is 9.47. The first-order chi connectivity index (χ1) is 18.1. The van der Waals surface area contributed by atoms with E-state index in [9.17, 15) is 27.5 Å². The standard InChI is InChI=1S/C26H30FN5O5S/c1-31(13-12-18-6-2-3-11-24(18)27)25(33)19-7-5-10-23(15-19)38(36,37)28-16-21-17-32(30-29-21)22-9-4-8-20(14-22)26(34)35/h2-3,5-7,10-11,15,17,20,22,28H,4,8-9,12-14,16H2,1H3,(H,34,35). The molecule has 2 atom stereocenters. The minimum atomic E-state index is -3.96. The molecule has 1 aliphatic rings. The summed E-state index contributed by atoms with van der Waals surface area (Å²) in [6.45, 7) is 0.150. The topological polar surface area (TPSA) is 134 Å². The number of aliphatic carboxylic acids is 1. The number of aromatic nitrogens is 3. The van der Waals surface area contributed by atoms with Crippen LogP contribution < -0.4 is 4.72 Å². The first-order valence-corrected chi connectivity index (χ1v) is 13.8. The smallest absolute Gasteiger partial charge is 0.306 e. The van der Waals surface area contributed by atoms with Gasteiger partial charge in [0, 0.05) is 19.2 Å². The van der Waals surface area contributed by atoms with Crippen LogP contribution in [0.15, 0.2) is 59.6 Å². The van der Waals surface area contributed by atoms with Crippen molar-refractivity contribution >= 4 is 21.9 Å². The number of amides is 1. The van der Waals surface area contributed by atoms with Gasteiger partial charge >= 0.3 is 5.97 Å². The summed E-state index contributed by atoms with van der Waals surface area (Å²) in [7, 11) is -2.38. The summed E-state index contributed by atoms with van der Waals surface area (Å²) in [5, 5.41) is 17.4. The van der Waals surface area contributed by atoms with Crippen LogP contribution in [-0.2, 0) is 27.8 Å². The molecule has 1 amide bonds. The minimum Gasteiger partial charge on any atom is -0.481 e. The minimum absolute atomic E-state index is 0.0742. The highest BCUT2D eigenvalue weighted by Crippen LogP contribution is 2.32. The maximum atomic E-state index is 13.9. The van der Waals surface area contributed by atoms with Crippen molar-refractivity contribution in [1.82, 2.24) is 24.6 Å². The molecule has 1 aromatic heterocycles. The molecule has 3 aromatic rings. The summed E-state index contributed by atoms with van der Waals surface area (Å²) in [6, 6.07) is 12.0. The van der Waals surface area contributed by atoms with Gasteiger partial charge in [0.25, 0.3) is 5.91 Å². The summed E-state index contributed by atoms with van der Waals surface area (Å²) in [4.78, 5) is 25.6. The fourth-order valence-electron chi connectivity index (χ4n) is 4.56. The summed E-state index contributed by atoms with van der Waals surface area (Å²) in [5.41, 5.74) is 1.08. The molecule has 10 nitrogen and oxygen atoms in total. The largest absolute Gasteiger partial charge is 0.481 e. The lowest BCUT2D eigenvalue weighted by atomic mass is 9.86. The molecule has 4 rings (SSSR count). The third kappa shape index (κ3) is 6.62. The van der Waals surface area contributed by atoms with Crippen molar-refractivity contribution < 1.29 is 27.5 Å². The van der Waals surface area contributed by atoms with E-state index in [0.29, 0.717) is 30.5 Å². The number of carbonyl (C=O) groups excluding carboxylic acids is 1. The van der Waals surface area contributed by atoms with Gasteiger partial charge in [-0.3, -0.25) is 9.59 Å². The Labute approximate surface area is 220 Å². The third-order valence-corrected chi connectivity index (χ3v) is 8.18. The maximum Gasteiger partial charge on any atom is 0.306 e. The summed E-state index contributed by atoms with van der Waals surface area (Å²) in [6.07, 6.45) is 4.61. The van der Waals surface area contributed by atoms with Crippen LogP contribution in [0.2, 0.25) is 0 Å². The van der Waals surface area contributed by atoms with Crippen molar-refractivity contribution in [1.29, 1.82) is 0 Å². The van der Waals surface area contributed by atoms with E-state index in [0.717, 1.165) is 12.8 Å². The Morgan fingerprint density at radius 1 is 1.18 bits per heavy atom. The van der Waals surface area contributed by atoms with Gasteiger partial charge in [-0.25, -0.2) is 22.2 Å². The van der Waals surface area contributed by atoms with Crippen LogP contribution >= 0.6 is 0 Å².